The molecule has 0 radical (unpaired) electrons. The van der Waals surface area contributed by atoms with Crippen LogP contribution in [0.4, 0.5) is 0 Å². The molecule has 0 unspecified atom stereocenters. The molecule has 0 bridgehead atoms. The maximum atomic E-state index is 13.0. The number of hydrogen-bond donors (Lipinski definition) is 0. The molecule has 0 saturated carbocycles. The van der Waals surface area contributed by atoms with E-state index >= 15 is 0 Å². The molecular formula is C19H15BrN2O2S. The van der Waals surface area contributed by atoms with Gasteiger partial charge in [-0.25, -0.2) is 5.01 Å². The zero-order chi connectivity index (χ0) is 17.4. The number of furan rings is 1. The highest BCUT2D eigenvalue weighted by atomic mass is 79.9. The Labute approximate surface area is 157 Å². The van der Waals surface area contributed by atoms with E-state index in [2.05, 4.69) is 40.1 Å². The predicted molar refractivity (Wildman–Crippen MR) is 102 cm³/mol. The third kappa shape index (κ3) is 3.19. The van der Waals surface area contributed by atoms with Crippen LogP contribution in [0.5, 0.6) is 0 Å². The van der Waals surface area contributed by atoms with E-state index in [9.17, 15) is 4.79 Å². The molecule has 1 aromatic carbocycles. The first-order chi connectivity index (χ1) is 12.1. The summed E-state index contributed by atoms with van der Waals surface area (Å²) in [5.74, 6) is 0.0458. The lowest BCUT2D eigenvalue weighted by atomic mass is 9.99. The molecule has 6 heteroatoms. The minimum Gasteiger partial charge on any atom is -0.444 e. The molecule has 0 saturated heterocycles. The Kier molecular flexibility index (Phi) is 4.31. The van der Waals surface area contributed by atoms with E-state index in [-0.39, 0.29) is 17.7 Å². The Balaban J connectivity index is 1.73. The highest BCUT2D eigenvalue weighted by Crippen LogP contribution is 2.35. The van der Waals surface area contributed by atoms with Crippen molar-refractivity contribution in [2.24, 2.45) is 5.10 Å². The van der Waals surface area contributed by atoms with Gasteiger partial charge in [-0.1, -0.05) is 35.9 Å². The van der Waals surface area contributed by atoms with Crippen molar-refractivity contribution in [1.29, 1.82) is 0 Å². The minimum atomic E-state index is -0.233. The molecule has 0 spiro atoms. The van der Waals surface area contributed by atoms with E-state index in [1.165, 1.54) is 0 Å². The van der Waals surface area contributed by atoms with Crippen LogP contribution in [0.1, 0.15) is 39.0 Å². The number of carbonyl (C=O) groups is 1. The average molecular weight is 415 g/mol. The Hall–Kier alpha value is -2.18. The molecule has 25 heavy (non-hydrogen) atoms. The number of hydrazone groups is 1. The van der Waals surface area contributed by atoms with Gasteiger partial charge in [0, 0.05) is 6.42 Å². The van der Waals surface area contributed by atoms with Crippen molar-refractivity contribution in [2.75, 3.05) is 0 Å². The van der Waals surface area contributed by atoms with Gasteiger partial charge in [0.25, 0.3) is 0 Å². The second kappa shape index (κ2) is 6.61. The van der Waals surface area contributed by atoms with Crippen LogP contribution in [0, 0.1) is 6.92 Å². The van der Waals surface area contributed by atoms with E-state index in [1.54, 1.807) is 28.5 Å². The number of thiophene rings is 1. The van der Waals surface area contributed by atoms with Crippen molar-refractivity contribution in [3.05, 3.63) is 80.3 Å². The Morgan fingerprint density at radius 3 is 2.84 bits per heavy atom. The van der Waals surface area contributed by atoms with Gasteiger partial charge in [-0.3, -0.25) is 4.79 Å². The Morgan fingerprint density at radius 1 is 1.28 bits per heavy atom. The lowest BCUT2D eigenvalue weighted by Crippen LogP contribution is -2.26. The summed E-state index contributed by atoms with van der Waals surface area (Å²) in [7, 11) is 0. The first-order valence-corrected chi connectivity index (χ1v) is 9.56. The van der Waals surface area contributed by atoms with Crippen molar-refractivity contribution >= 4 is 38.9 Å². The minimum absolute atomic E-state index is 0.131. The van der Waals surface area contributed by atoms with Gasteiger partial charge in [0.2, 0.25) is 0 Å². The van der Waals surface area contributed by atoms with Crippen LogP contribution in [0.3, 0.4) is 0 Å². The van der Waals surface area contributed by atoms with Gasteiger partial charge in [0.05, 0.1) is 16.6 Å². The fourth-order valence-electron chi connectivity index (χ4n) is 2.97. The summed E-state index contributed by atoms with van der Waals surface area (Å²) in [6.07, 6.45) is 0.692. The molecule has 1 atom stereocenters. The topological polar surface area (TPSA) is 45.8 Å². The van der Waals surface area contributed by atoms with E-state index in [0.29, 0.717) is 11.1 Å². The van der Waals surface area contributed by atoms with Crippen LogP contribution in [0.2, 0.25) is 0 Å². The Morgan fingerprint density at radius 2 is 2.16 bits per heavy atom. The van der Waals surface area contributed by atoms with E-state index < -0.39 is 0 Å². The summed E-state index contributed by atoms with van der Waals surface area (Å²) in [5.41, 5.74) is 3.17. The summed E-state index contributed by atoms with van der Waals surface area (Å²) < 4.78 is 5.98. The third-order valence-electron chi connectivity index (χ3n) is 4.13. The molecule has 3 aromatic rings. The standard InChI is InChI=1S/C19H15BrN2O2S/c1-12-4-2-5-13(10-12)15-11-14(17-6-3-9-25-17)21-22(15)19(23)16-7-8-18(20)24-16/h2-10,15H,11H2,1H3/t15-/m0/s1. The van der Waals surface area contributed by atoms with E-state index in [4.69, 9.17) is 4.42 Å². The molecule has 1 aliphatic heterocycles. The van der Waals surface area contributed by atoms with Crippen molar-refractivity contribution in [1.82, 2.24) is 5.01 Å². The SMILES string of the molecule is Cc1cccc([C@@H]2CC(c3cccs3)=NN2C(=O)c2ccc(Br)o2)c1. The van der Waals surface area contributed by atoms with Crippen molar-refractivity contribution in [3.8, 4) is 0 Å². The van der Waals surface area contributed by atoms with E-state index in [0.717, 1.165) is 21.7 Å². The summed E-state index contributed by atoms with van der Waals surface area (Å²) in [5, 5.41) is 8.21. The third-order valence-corrected chi connectivity index (χ3v) is 5.48. The van der Waals surface area contributed by atoms with Gasteiger partial charge in [-0.15, -0.1) is 11.3 Å². The maximum Gasteiger partial charge on any atom is 0.310 e. The molecule has 4 nitrogen and oxygen atoms in total. The molecule has 1 aliphatic rings. The van der Waals surface area contributed by atoms with Crippen LogP contribution in [-0.2, 0) is 0 Å². The highest BCUT2D eigenvalue weighted by molar-refractivity contribution is 9.10. The lowest BCUT2D eigenvalue weighted by Gasteiger charge is -2.21. The largest absolute Gasteiger partial charge is 0.444 e. The smallest absolute Gasteiger partial charge is 0.310 e. The van der Waals surface area contributed by atoms with Crippen molar-refractivity contribution in [3.63, 3.8) is 0 Å². The monoisotopic (exact) mass is 414 g/mol. The molecule has 4 rings (SSSR count). The van der Waals surface area contributed by atoms with Crippen LogP contribution < -0.4 is 0 Å². The number of nitrogens with zero attached hydrogens (tertiary/aromatic N) is 2. The normalized spacial score (nSPS) is 17.0. The number of rotatable bonds is 3. The summed E-state index contributed by atoms with van der Waals surface area (Å²) in [4.78, 5) is 14.0. The average Bonchev–Trinajstić information content (AvgIpc) is 3.34. The first-order valence-electron chi connectivity index (χ1n) is 7.88. The van der Waals surface area contributed by atoms with Gasteiger partial charge >= 0.3 is 5.91 Å². The molecule has 0 N–H and O–H groups in total. The first kappa shape index (κ1) is 16.3. The van der Waals surface area contributed by atoms with E-state index in [1.807, 2.05) is 29.6 Å². The van der Waals surface area contributed by atoms with Crippen molar-refractivity contribution < 1.29 is 9.21 Å². The number of halogens is 1. The predicted octanol–water partition coefficient (Wildman–Crippen LogP) is 5.40. The van der Waals surface area contributed by atoms with Crippen molar-refractivity contribution in [2.45, 2.75) is 19.4 Å². The molecule has 0 fully saturated rings. The molecule has 1 amide bonds. The number of aryl methyl sites for hydroxylation is 1. The van der Waals surface area contributed by atoms with Crippen LogP contribution in [0.15, 0.2) is 68.1 Å². The zero-order valence-corrected chi connectivity index (χ0v) is 15.9. The quantitative estimate of drug-likeness (QED) is 0.575. The van der Waals surface area contributed by atoms with Gasteiger partial charge in [0.15, 0.2) is 10.4 Å². The molecule has 2 aromatic heterocycles. The summed E-state index contributed by atoms with van der Waals surface area (Å²) >= 11 is 4.88. The number of carbonyl (C=O) groups excluding carboxylic acids is 1. The molecular weight excluding hydrogens is 400 g/mol. The van der Waals surface area contributed by atoms with Gasteiger partial charge in [0.1, 0.15) is 0 Å². The second-order valence-electron chi connectivity index (χ2n) is 5.91. The summed E-state index contributed by atoms with van der Waals surface area (Å²) in [6, 6.07) is 15.5. The van der Waals surface area contributed by atoms with Gasteiger partial charge < -0.3 is 4.42 Å². The fraction of sp³-hybridized carbons (Fsp3) is 0.158. The second-order valence-corrected chi connectivity index (χ2v) is 7.64. The number of hydrogen-bond acceptors (Lipinski definition) is 4. The van der Waals surface area contributed by atoms with Gasteiger partial charge in [-0.2, -0.15) is 5.10 Å². The Bertz CT molecular complexity index is 946. The highest BCUT2D eigenvalue weighted by Gasteiger charge is 2.35. The molecule has 126 valence electrons. The zero-order valence-electron chi connectivity index (χ0n) is 13.5. The number of amides is 1. The van der Waals surface area contributed by atoms with Crippen LogP contribution >= 0.6 is 27.3 Å². The fourth-order valence-corrected chi connectivity index (χ4v) is 4.00. The van der Waals surface area contributed by atoms with Gasteiger partial charge in [-0.05, 0) is 52.0 Å². The molecule has 0 aliphatic carbocycles. The summed E-state index contributed by atoms with van der Waals surface area (Å²) in [6.45, 7) is 2.05. The molecule has 3 heterocycles. The lowest BCUT2D eigenvalue weighted by molar-refractivity contribution is 0.0677. The van der Waals surface area contributed by atoms with Crippen LogP contribution in [-0.4, -0.2) is 16.6 Å². The maximum absolute atomic E-state index is 13.0. The number of benzene rings is 1. The van der Waals surface area contributed by atoms with Crippen LogP contribution in [0.25, 0.3) is 0 Å².